The van der Waals surface area contributed by atoms with Crippen LogP contribution in [-0.4, -0.2) is 52.4 Å². The van der Waals surface area contributed by atoms with Gasteiger partial charge in [0, 0.05) is 37.7 Å². The third-order valence-electron chi connectivity index (χ3n) is 6.01. The quantitative estimate of drug-likeness (QED) is 0.755. The van der Waals surface area contributed by atoms with E-state index in [4.69, 9.17) is 5.73 Å². The lowest BCUT2D eigenvalue weighted by Gasteiger charge is -2.32. The number of anilines is 2. The Morgan fingerprint density at radius 3 is 2.77 bits per heavy atom. The first-order valence-electron chi connectivity index (χ1n) is 10.5. The van der Waals surface area contributed by atoms with Crippen molar-refractivity contribution in [2.24, 2.45) is 11.7 Å². The SMILES string of the molecule is NC(=O)C1CCCN1Cc1ccccc1NC(=O)C1CCCN(c2cnccn2)C1. The van der Waals surface area contributed by atoms with Gasteiger partial charge in [0.2, 0.25) is 11.8 Å². The smallest absolute Gasteiger partial charge is 0.234 e. The molecule has 30 heavy (non-hydrogen) atoms. The van der Waals surface area contributed by atoms with Crippen molar-refractivity contribution in [2.45, 2.75) is 38.3 Å². The summed E-state index contributed by atoms with van der Waals surface area (Å²) in [6.45, 7) is 2.94. The second-order valence-electron chi connectivity index (χ2n) is 8.03. The van der Waals surface area contributed by atoms with Crippen molar-refractivity contribution < 1.29 is 9.59 Å². The maximum Gasteiger partial charge on any atom is 0.234 e. The number of aromatic nitrogens is 2. The van der Waals surface area contributed by atoms with Crippen molar-refractivity contribution in [2.75, 3.05) is 29.9 Å². The van der Waals surface area contributed by atoms with Crippen LogP contribution in [0.15, 0.2) is 42.9 Å². The maximum atomic E-state index is 13.0. The Balaban J connectivity index is 1.43. The largest absolute Gasteiger partial charge is 0.368 e. The molecule has 0 aliphatic carbocycles. The zero-order chi connectivity index (χ0) is 20.9. The summed E-state index contributed by atoms with van der Waals surface area (Å²) in [6.07, 6.45) is 8.60. The van der Waals surface area contributed by atoms with E-state index in [1.807, 2.05) is 24.3 Å². The van der Waals surface area contributed by atoms with E-state index in [9.17, 15) is 9.59 Å². The minimum atomic E-state index is -0.277. The van der Waals surface area contributed by atoms with Crippen molar-refractivity contribution in [3.63, 3.8) is 0 Å². The first-order chi connectivity index (χ1) is 14.6. The number of likely N-dealkylation sites (tertiary alicyclic amines) is 1. The van der Waals surface area contributed by atoms with Crippen LogP contribution in [0.1, 0.15) is 31.2 Å². The Morgan fingerprint density at radius 1 is 1.13 bits per heavy atom. The highest BCUT2D eigenvalue weighted by molar-refractivity contribution is 5.93. The normalized spacial score (nSPS) is 22.1. The van der Waals surface area contributed by atoms with Crippen LogP contribution in [0.2, 0.25) is 0 Å². The van der Waals surface area contributed by atoms with E-state index < -0.39 is 0 Å². The number of carbonyl (C=O) groups excluding carboxylic acids is 2. The highest BCUT2D eigenvalue weighted by Crippen LogP contribution is 2.26. The van der Waals surface area contributed by atoms with Crippen molar-refractivity contribution in [1.82, 2.24) is 14.9 Å². The van der Waals surface area contributed by atoms with Gasteiger partial charge in [0.1, 0.15) is 5.82 Å². The molecule has 0 saturated carbocycles. The van der Waals surface area contributed by atoms with Crippen LogP contribution in [0.4, 0.5) is 11.5 Å². The number of carbonyl (C=O) groups is 2. The van der Waals surface area contributed by atoms with Crippen molar-refractivity contribution in [1.29, 1.82) is 0 Å². The molecule has 3 N–H and O–H groups in total. The van der Waals surface area contributed by atoms with Crippen molar-refractivity contribution >= 4 is 23.3 Å². The topological polar surface area (TPSA) is 104 Å². The predicted octanol–water partition coefficient (Wildman–Crippen LogP) is 1.78. The first-order valence-corrected chi connectivity index (χ1v) is 10.5. The van der Waals surface area contributed by atoms with Crippen LogP contribution in [0.3, 0.4) is 0 Å². The summed E-state index contributed by atoms with van der Waals surface area (Å²) in [7, 11) is 0. The van der Waals surface area contributed by atoms with Gasteiger partial charge in [-0.3, -0.25) is 19.5 Å². The summed E-state index contributed by atoms with van der Waals surface area (Å²) in [5, 5.41) is 3.13. The molecule has 4 rings (SSSR count). The molecule has 1 aromatic heterocycles. The Kier molecular flexibility index (Phi) is 6.23. The van der Waals surface area contributed by atoms with E-state index in [1.54, 1.807) is 18.6 Å². The average Bonchev–Trinajstić information content (AvgIpc) is 3.24. The minimum Gasteiger partial charge on any atom is -0.368 e. The molecule has 2 atom stereocenters. The zero-order valence-corrected chi connectivity index (χ0v) is 17.0. The van der Waals surface area contributed by atoms with Gasteiger partial charge in [-0.25, -0.2) is 4.98 Å². The summed E-state index contributed by atoms with van der Waals surface area (Å²) >= 11 is 0. The molecule has 2 aliphatic heterocycles. The first kappa shape index (κ1) is 20.3. The molecule has 8 heteroatoms. The summed E-state index contributed by atoms with van der Waals surface area (Å²) in [5.41, 5.74) is 7.36. The monoisotopic (exact) mass is 408 g/mol. The summed E-state index contributed by atoms with van der Waals surface area (Å²) < 4.78 is 0. The molecule has 0 bridgehead atoms. The van der Waals surface area contributed by atoms with Gasteiger partial charge in [-0.1, -0.05) is 18.2 Å². The molecule has 2 unspecified atom stereocenters. The van der Waals surface area contributed by atoms with Gasteiger partial charge in [0.05, 0.1) is 18.2 Å². The van der Waals surface area contributed by atoms with Crippen molar-refractivity contribution in [3.8, 4) is 0 Å². The third kappa shape index (κ3) is 4.59. The number of primary amides is 1. The van der Waals surface area contributed by atoms with Crippen LogP contribution < -0.4 is 16.0 Å². The van der Waals surface area contributed by atoms with Crippen LogP contribution in [-0.2, 0) is 16.1 Å². The predicted molar refractivity (Wildman–Crippen MR) is 115 cm³/mol. The molecular weight excluding hydrogens is 380 g/mol. The number of benzene rings is 1. The lowest BCUT2D eigenvalue weighted by atomic mass is 9.97. The number of hydrogen-bond acceptors (Lipinski definition) is 6. The molecule has 0 radical (unpaired) electrons. The minimum absolute atomic E-state index is 0.0175. The molecule has 2 aromatic rings. The Hall–Kier alpha value is -3.00. The number of nitrogens with two attached hydrogens (primary N) is 1. The molecule has 1 aromatic carbocycles. The van der Waals surface area contributed by atoms with E-state index in [0.29, 0.717) is 13.1 Å². The number of piperidine rings is 1. The van der Waals surface area contributed by atoms with Gasteiger partial charge in [-0.05, 0) is 43.9 Å². The number of rotatable bonds is 6. The van der Waals surface area contributed by atoms with Gasteiger partial charge in [-0.15, -0.1) is 0 Å². The molecule has 2 saturated heterocycles. The number of para-hydroxylation sites is 1. The highest BCUT2D eigenvalue weighted by atomic mass is 16.2. The standard InChI is InChI=1S/C22H28N6O2/c23-21(29)19-8-4-11-27(19)14-16-5-1-2-7-18(16)26-22(30)17-6-3-12-28(15-17)20-13-24-9-10-25-20/h1-2,5,7,9-10,13,17,19H,3-4,6,8,11-12,14-15H2,(H2,23,29)(H,26,30). The van der Waals surface area contributed by atoms with Crippen molar-refractivity contribution in [3.05, 3.63) is 48.4 Å². The molecule has 0 spiro atoms. The molecule has 2 aliphatic rings. The Morgan fingerprint density at radius 2 is 1.97 bits per heavy atom. The van der Waals surface area contributed by atoms with Crippen LogP contribution in [0.5, 0.6) is 0 Å². The fourth-order valence-electron chi connectivity index (χ4n) is 4.43. The zero-order valence-electron chi connectivity index (χ0n) is 17.0. The van der Waals surface area contributed by atoms with Crippen LogP contribution in [0.25, 0.3) is 0 Å². The number of hydrogen-bond donors (Lipinski definition) is 2. The van der Waals surface area contributed by atoms with E-state index in [1.165, 1.54) is 0 Å². The molecule has 2 fully saturated rings. The maximum absolute atomic E-state index is 13.0. The second kappa shape index (κ2) is 9.21. The van der Waals surface area contributed by atoms with Gasteiger partial charge >= 0.3 is 0 Å². The third-order valence-corrected chi connectivity index (χ3v) is 6.01. The number of amides is 2. The van der Waals surface area contributed by atoms with Gasteiger partial charge in [0.25, 0.3) is 0 Å². The van der Waals surface area contributed by atoms with E-state index >= 15 is 0 Å². The molecular formula is C22H28N6O2. The molecule has 158 valence electrons. The van der Waals surface area contributed by atoms with E-state index in [-0.39, 0.29) is 23.8 Å². The average molecular weight is 409 g/mol. The highest BCUT2D eigenvalue weighted by Gasteiger charge is 2.30. The number of nitrogens with zero attached hydrogens (tertiary/aromatic N) is 4. The van der Waals surface area contributed by atoms with Crippen LogP contribution in [0, 0.1) is 5.92 Å². The van der Waals surface area contributed by atoms with E-state index in [0.717, 1.165) is 55.8 Å². The summed E-state index contributed by atoms with van der Waals surface area (Å²) in [5.74, 6) is 0.435. The van der Waals surface area contributed by atoms with Gasteiger partial charge in [-0.2, -0.15) is 0 Å². The Bertz CT molecular complexity index is 890. The molecule has 3 heterocycles. The van der Waals surface area contributed by atoms with Gasteiger partial charge in [0.15, 0.2) is 0 Å². The molecule has 8 nitrogen and oxygen atoms in total. The fraction of sp³-hybridized carbons (Fsp3) is 0.455. The molecule has 2 amide bonds. The Labute approximate surface area is 176 Å². The van der Waals surface area contributed by atoms with E-state index in [2.05, 4.69) is 25.1 Å². The van der Waals surface area contributed by atoms with Crippen LogP contribution >= 0.6 is 0 Å². The lowest BCUT2D eigenvalue weighted by Crippen LogP contribution is -2.41. The second-order valence-corrected chi connectivity index (χ2v) is 8.03. The lowest BCUT2D eigenvalue weighted by molar-refractivity contribution is -0.122. The fourth-order valence-corrected chi connectivity index (χ4v) is 4.43. The summed E-state index contributed by atoms with van der Waals surface area (Å²) in [6, 6.07) is 7.57. The van der Waals surface area contributed by atoms with Gasteiger partial charge < -0.3 is 16.0 Å². The summed E-state index contributed by atoms with van der Waals surface area (Å²) in [4.78, 5) is 37.5. The number of nitrogens with one attached hydrogen (secondary N) is 1.